The summed E-state index contributed by atoms with van der Waals surface area (Å²) in [5.41, 5.74) is 1.33. The summed E-state index contributed by atoms with van der Waals surface area (Å²) in [6, 6.07) is 8.38. The summed E-state index contributed by atoms with van der Waals surface area (Å²) in [5.74, 6) is 2.25. The molecule has 0 saturated carbocycles. The zero-order valence-corrected chi connectivity index (χ0v) is 11.5. The highest BCUT2D eigenvalue weighted by Crippen LogP contribution is 2.34. The number of nitrogens with one attached hydrogen (secondary N) is 1. The summed E-state index contributed by atoms with van der Waals surface area (Å²) in [7, 11) is 3.77. The van der Waals surface area contributed by atoms with Crippen molar-refractivity contribution in [1.29, 1.82) is 0 Å². The second kappa shape index (κ2) is 7.33. The van der Waals surface area contributed by atoms with Crippen LogP contribution in [0.3, 0.4) is 0 Å². The average molecular weight is 235 g/mol. The second-order valence-electron chi connectivity index (χ2n) is 4.48. The molecule has 0 amide bonds. The van der Waals surface area contributed by atoms with Crippen molar-refractivity contribution in [3.8, 4) is 5.75 Å². The van der Waals surface area contributed by atoms with Crippen molar-refractivity contribution in [2.24, 2.45) is 5.92 Å². The van der Waals surface area contributed by atoms with Gasteiger partial charge in [0, 0.05) is 12.5 Å². The van der Waals surface area contributed by atoms with Gasteiger partial charge >= 0.3 is 0 Å². The first-order valence-electron chi connectivity index (χ1n) is 6.55. The van der Waals surface area contributed by atoms with Crippen LogP contribution in [0.15, 0.2) is 24.3 Å². The van der Waals surface area contributed by atoms with E-state index in [0.717, 1.165) is 12.3 Å². The standard InChI is InChI=1S/C15H25NO/c1-5-12(6-2)14(11-16-3)13-9-7-8-10-15(13)17-4/h7-10,12,14,16H,5-6,11H2,1-4H3. The van der Waals surface area contributed by atoms with E-state index in [1.807, 2.05) is 13.1 Å². The minimum atomic E-state index is 0.533. The van der Waals surface area contributed by atoms with Crippen LogP contribution in [0.1, 0.15) is 38.2 Å². The lowest BCUT2D eigenvalue weighted by atomic mass is 9.82. The van der Waals surface area contributed by atoms with Gasteiger partial charge in [0.2, 0.25) is 0 Å². The summed E-state index contributed by atoms with van der Waals surface area (Å²) >= 11 is 0. The molecule has 0 heterocycles. The molecule has 1 atom stereocenters. The van der Waals surface area contributed by atoms with Crippen LogP contribution in [0.4, 0.5) is 0 Å². The zero-order valence-electron chi connectivity index (χ0n) is 11.5. The maximum atomic E-state index is 5.48. The van der Waals surface area contributed by atoms with Crippen LogP contribution >= 0.6 is 0 Å². The topological polar surface area (TPSA) is 21.3 Å². The van der Waals surface area contributed by atoms with E-state index in [1.165, 1.54) is 18.4 Å². The van der Waals surface area contributed by atoms with Gasteiger partial charge in [-0.3, -0.25) is 0 Å². The molecule has 96 valence electrons. The van der Waals surface area contributed by atoms with Gasteiger partial charge in [0.1, 0.15) is 5.75 Å². The Morgan fingerprint density at radius 3 is 2.35 bits per heavy atom. The van der Waals surface area contributed by atoms with Crippen LogP contribution in [0, 0.1) is 5.92 Å². The van der Waals surface area contributed by atoms with E-state index in [1.54, 1.807) is 7.11 Å². The Morgan fingerprint density at radius 1 is 1.18 bits per heavy atom. The number of para-hydroxylation sites is 1. The molecule has 0 aromatic heterocycles. The molecular formula is C15H25NO. The first-order valence-corrected chi connectivity index (χ1v) is 6.55. The smallest absolute Gasteiger partial charge is 0.122 e. The third-order valence-electron chi connectivity index (χ3n) is 3.58. The van der Waals surface area contributed by atoms with Gasteiger partial charge in [-0.2, -0.15) is 0 Å². The highest BCUT2D eigenvalue weighted by molar-refractivity contribution is 5.36. The fraction of sp³-hybridized carbons (Fsp3) is 0.600. The lowest BCUT2D eigenvalue weighted by Crippen LogP contribution is -2.24. The number of benzene rings is 1. The highest BCUT2D eigenvalue weighted by atomic mass is 16.5. The molecular weight excluding hydrogens is 210 g/mol. The Labute approximate surface area is 105 Å². The monoisotopic (exact) mass is 235 g/mol. The third-order valence-corrected chi connectivity index (χ3v) is 3.58. The second-order valence-corrected chi connectivity index (χ2v) is 4.48. The quantitative estimate of drug-likeness (QED) is 0.781. The van der Waals surface area contributed by atoms with Gasteiger partial charge in [0.15, 0.2) is 0 Å². The minimum absolute atomic E-state index is 0.533. The van der Waals surface area contributed by atoms with Crippen LogP contribution in [0.2, 0.25) is 0 Å². The molecule has 1 aromatic rings. The van der Waals surface area contributed by atoms with Crippen molar-refractivity contribution in [3.05, 3.63) is 29.8 Å². The Hall–Kier alpha value is -1.02. The van der Waals surface area contributed by atoms with Crippen LogP contribution in [-0.4, -0.2) is 20.7 Å². The Bertz CT molecular complexity index is 320. The predicted octanol–water partition coefficient (Wildman–Crippen LogP) is 3.43. The first kappa shape index (κ1) is 14.0. The molecule has 1 rings (SSSR count). The number of ether oxygens (including phenoxy) is 1. The predicted molar refractivity (Wildman–Crippen MR) is 73.7 cm³/mol. The molecule has 0 bridgehead atoms. The molecule has 2 heteroatoms. The summed E-state index contributed by atoms with van der Waals surface area (Å²) in [6.45, 7) is 5.55. The van der Waals surface area contributed by atoms with Gasteiger partial charge in [-0.15, -0.1) is 0 Å². The molecule has 17 heavy (non-hydrogen) atoms. The van der Waals surface area contributed by atoms with Gasteiger partial charge < -0.3 is 10.1 Å². The molecule has 0 aliphatic heterocycles. The van der Waals surface area contributed by atoms with E-state index in [4.69, 9.17) is 4.74 Å². The normalized spacial score (nSPS) is 12.8. The number of hydrogen-bond donors (Lipinski definition) is 1. The SMILES string of the molecule is CCC(CC)C(CNC)c1ccccc1OC. The van der Waals surface area contributed by atoms with Gasteiger partial charge in [-0.25, -0.2) is 0 Å². The van der Waals surface area contributed by atoms with Gasteiger partial charge in [-0.05, 0) is 24.6 Å². The van der Waals surface area contributed by atoms with Crippen molar-refractivity contribution < 1.29 is 4.74 Å². The Balaban J connectivity index is 3.03. The van der Waals surface area contributed by atoms with Crippen molar-refractivity contribution in [3.63, 3.8) is 0 Å². The van der Waals surface area contributed by atoms with Crippen molar-refractivity contribution in [2.75, 3.05) is 20.7 Å². The first-order chi connectivity index (χ1) is 8.28. The van der Waals surface area contributed by atoms with Crippen molar-refractivity contribution in [2.45, 2.75) is 32.6 Å². The van der Waals surface area contributed by atoms with E-state index in [-0.39, 0.29) is 0 Å². The van der Waals surface area contributed by atoms with Gasteiger partial charge in [0.05, 0.1) is 7.11 Å². The molecule has 0 saturated heterocycles. The van der Waals surface area contributed by atoms with E-state index in [0.29, 0.717) is 11.8 Å². The summed E-state index contributed by atoms with van der Waals surface area (Å²) in [5, 5.41) is 3.31. The van der Waals surface area contributed by atoms with E-state index in [9.17, 15) is 0 Å². The Morgan fingerprint density at radius 2 is 1.82 bits per heavy atom. The van der Waals surface area contributed by atoms with Crippen LogP contribution in [0.25, 0.3) is 0 Å². The van der Waals surface area contributed by atoms with Crippen LogP contribution in [0.5, 0.6) is 5.75 Å². The summed E-state index contributed by atoms with van der Waals surface area (Å²) < 4.78 is 5.48. The molecule has 0 radical (unpaired) electrons. The summed E-state index contributed by atoms with van der Waals surface area (Å²) in [6.07, 6.45) is 2.42. The van der Waals surface area contributed by atoms with E-state index in [2.05, 4.69) is 37.4 Å². The van der Waals surface area contributed by atoms with Crippen LogP contribution in [-0.2, 0) is 0 Å². The molecule has 0 spiro atoms. The zero-order chi connectivity index (χ0) is 12.7. The number of rotatable bonds is 7. The molecule has 0 aliphatic carbocycles. The maximum absolute atomic E-state index is 5.48. The molecule has 0 aliphatic rings. The van der Waals surface area contributed by atoms with E-state index < -0.39 is 0 Å². The molecule has 1 N–H and O–H groups in total. The van der Waals surface area contributed by atoms with Crippen molar-refractivity contribution in [1.82, 2.24) is 5.32 Å². The number of likely N-dealkylation sites (N-methyl/N-ethyl adjacent to an activating group) is 1. The lowest BCUT2D eigenvalue weighted by Gasteiger charge is -2.27. The maximum Gasteiger partial charge on any atom is 0.122 e. The third kappa shape index (κ3) is 3.47. The fourth-order valence-electron chi connectivity index (χ4n) is 2.58. The summed E-state index contributed by atoms with van der Waals surface area (Å²) in [4.78, 5) is 0. The lowest BCUT2D eigenvalue weighted by molar-refractivity contribution is 0.361. The molecule has 2 nitrogen and oxygen atoms in total. The molecule has 1 aromatic carbocycles. The molecule has 1 unspecified atom stereocenters. The Kier molecular flexibility index (Phi) is 6.06. The van der Waals surface area contributed by atoms with Crippen LogP contribution < -0.4 is 10.1 Å². The van der Waals surface area contributed by atoms with Gasteiger partial charge in [-0.1, -0.05) is 44.9 Å². The average Bonchev–Trinajstić information content (AvgIpc) is 2.39. The largest absolute Gasteiger partial charge is 0.496 e. The van der Waals surface area contributed by atoms with Crippen molar-refractivity contribution >= 4 is 0 Å². The van der Waals surface area contributed by atoms with Gasteiger partial charge in [0.25, 0.3) is 0 Å². The fourth-order valence-corrected chi connectivity index (χ4v) is 2.58. The minimum Gasteiger partial charge on any atom is -0.496 e. The molecule has 0 fully saturated rings. The van der Waals surface area contributed by atoms with E-state index >= 15 is 0 Å². The number of methoxy groups -OCH3 is 1. The number of hydrogen-bond acceptors (Lipinski definition) is 2. The highest BCUT2D eigenvalue weighted by Gasteiger charge is 2.22.